The van der Waals surface area contributed by atoms with E-state index in [4.69, 9.17) is 14.2 Å². The van der Waals surface area contributed by atoms with Gasteiger partial charge in [-0.1, -0.05) is 19.9 Å². The number of aryl methyl sites for hydroxylation is 1. The molecule has 2 aromatic heterocycles. The smallest absolute Gasteiger partial charge is 0.420 e. The molecule has 8 nitrogen and oxygen atoms in total. The Morgan fingerprint density at radius 1 is 0.943 bits per heavy atom. The number of anilines is 1. The molecule has 0 bridgehead atoms. The molecular weight excluding hydrogens is 446 g/mol. The Labute approximate surface area is 207 Å². The molecule has 8 heteroatoms. The zero-order valence-electron chi connectivity index (χ0n) is 22.4. The van der Waals surface area contributed by atoms with Crippen LogP contribution in [0.15, 0.2) is 36.7 Å². The highest BCUT2D eigenvalue weighted by molar-refractivity contribution is 5.93. The van der Waals surface area contributed by atoms with Crippen LogP contribution in [0.1, 0.15) is 61.0 Å². The van der Waals surface area contributed by atoms with Gasteiger partial charge in [0.2, 0.25) is 0 Å². The zero-order valence-corrected chi connectivity index (χ0v) is 22.4. The minimum atomic E-state index is -0.622. The third-order valence-electron chi connectivity index (χ3n) is 4.60. The second kappa shape index (κ2) is 10.8. The van der Waals surface area contributed by atoms with Gasteiger partial charge in [-0.3, -0.25) is 5.32 Å². The lowest BCUT2D eigenvalue weighted by atomic mass is 10.0. The molecular formula is C27H37N3O5. The Morgan fingerprint density at radius 2 is 1.57 bits per heavy atom. The first kappa shape index (κ1) is 27.7. The molecule has 0 unspecified atom stereocenters. The van der Waals surface area contributed by atoms with Crippen LogP contribution in [0.25, 0.3) is 22.2 Å². The van der Waals surface area contributed by atoms with E-state index in [1.165, 1.54) is 11.7 Å². The van der Waals surface area contributed by atoms with Crippen LogP contribution in [0.2, 0.25) is 0 Å². The molecule has 0 saturated heterocycles. The van der Waals surface area contributed by atoms with Crippen molar-refractivity contribution in [3.63, 3.8) is 0 Å². The second-order valence-corrected chi connectivity index (χ2v) is 9.80. The highest BCUT2D eigenvalue weighted by Crippen LogP contribution is 2.33. The molecule has 0 atom stereocenters. The summed E-state index contributed by atoms with van der Waals surface area (Å²) in [4.78, 5) is 29.4. The van der Waals surface area contributed by atoms with E-state index in [2.05, 4.69) is 10.3 Å². The first-order valence-electron chi connectivity index (χ1n) is 11.7. The molecule has 35 heavy (non-hydrogen) atoms. The fourth-order valence-corrected chi connectivity index (χ4v) is 3.27. The Bertz CT molecular complexity index is 1200. The number of carbonyl (C=O) groups is 2. The number of nitrogens with zero attached hydrogens (tertiary/aromatic N) is 2. The Kier molecular flexibility index (Phi) is 8.55. The lowest BCUT2D eigenvalue weighted by Crippen LogP contribution is -2.27. The topological polar surface area (TPSA) is 91.7 Å². The summed E-state index contributed by atoms with van der Waals surface area (Å²) in [6.45, 7) is 16.8. The normalized spacial score (nSPS) is 11.4. The van der Waals surface area contributed by atoms with Gasteiger partial charge in [-0.05, 0) is 77.8 Å². The van der Waals surface area contributed by atoms with Crippen LogP contribution in [0.5, 0.6) is 5.75 Å². The van der Waals surface area contributed by atoms with Crippen molar-refractivity contribution in [2.45, 2.75) is 73.5 Å². The van der Waals surface area contributed by atoms with Gasteiger partial charge in [0, 0.05) is 23.3 Å². The van der Waals surface area contributed by atoms with Crippen molar-refractivity contribution in [1.29, 1.82) is 0 Å². The van der Waals surface area contributed by atoms with E-state index in [1.54, 1.807) is 45.3 Å². The van der Waals surface area contributed by atoms with E-state index in [9.17, 15) is 9.59 Å². The molecule has 3 aromatic rings. The quantitative estimate of drug-likeness (QED) is 0.424. The molecule has 1 N–H and O–H groups in total. The monoisotopic (exact) mass is 483 g/mol. The summed E-state index contributed by atoms with van der Waals surface area (Å²) in [5.41, 5.74) is 2.30. The maximum absolute atomic E-state index is 12.6. The number of pyridine rings is 1. The summed E-state index contributed by atoms with van der Waals surface area (Å²) >= 11 is 0. The van der Waals surface area contributed by atoms with Crippen molar-refractivity contribution in [3.8, 4) is 16.9 Å². The number of carbonyl (C=O) groups excluding carboxylic acids is 2. The van der Waals surface area contributed by atoms with Crippen molar-refractivity contribution in [2.75, 3.05) is 12.4 Å². The zero-order chi connectivity index (χ0) is 26.6. The fraction of sp³-hybridized carbons (Fsp3) is 0.444. The molecule has 0 aliphatic heterocycles. The van der Waals surface area contributed by atoms with Crippen molar-refractivity contribution < 1.29 is 23.8 Å². The number of methoxy groups -OCH3 is 1. The fourth-order valence-electron chi connectivity index (χ4n) is 3.27. The van der Waals surface area contributed by atoms with E-state index >= 15 is 0 Å². The number of amides is 1. The highest BCUT2D eigenvalue weighted by Gasteiger charge is 2.21. The summed E-state index contributed by atoms with van der Waals surface area (Å²) in [5, 5.41) is 3.58. The maximum Gasteiger partial charge on any atom is 0.420 e. The van der Waals surface area contributed by atoms with Crippen molar-refractivity contribution in [2.24, 2.45) is 0 Å². The van der Waals surface area contributed by atoms with Crippen molar-refractivity contribution in [3.05, 3.63) is 42.2 Å². The lowest BCUT2D eigenvalue weighted by molar-refractivity contribution is 0.0542. The number of rotatable bonds is 3. The van der Waals surface area contributed by atoms with Crippen LogP contribution in [0, 0.1) is 6.92 Å². The van der Waals surface area contributed by atoms with Crippen LogP contribution in [-0.4, -0.2) is 40.0 Å². The molecule has 2 heterocycles. The SMILES string of the molecule is CC.COc1ccc(-c2cnc3c(c2)c(C)cn3C(=O)OC(C)(C)C)cc1NC(=O)OC(C)(C)C. The number of fused-ring (bicyclic) bond motifs is 1. The van der Waals surface area contributed by atoms with Gasteiger partial charge >= 0.3 is 12.2 Å². The van der Waals surface area contributed by atoms with Gasteiger partial charge < -0.3 is 14.2 Å². The number of hydrogen-bond donors (Lipinski definition) is 1. The van der Waals surface area contributed by atoms with E-state index < -0.39 is 23.4 Å². The summed E-state index contributed by atoms with van der Waals surface area (Å²) in [5.74, 6) is 0.505. The van der Waals surface area contributed by atoms with Crippen molar-refractivity contribution in [1.82, 2.24) is 9.55 Å². The van der Waals surface area contributed by atoms with Gasteiger partial charge in [-0.2, -0.15) is 0 Å². The lowest BCUT2D eigenvalue weighted by Gasteiger charge is -2.20. The van der Waals surface area contributed by atoms with Crippen LogP contribution in [0.4, 0.5) is 15.3 Å². The maximum atomic E-state index is 12.6. The van der Waals surface area contributed by atoms with Gasteiger partial charge in [0.05, 0.1) is 12.8 Å². The predicted molar refractivity (Wildman–Crippen MR) is 139 cm³/mol. The minimum absolute atomic E-state index is 0.478. The van der Waals surface area contributed by atoms with Gasteiger partial charge in [-0.15, -0.1) is 0 Å². The molecule has 0 aliphatic carbocycles. The molecule has 0 fully saturated rings. The van der Waals surface area contributed by atoms with Gasteiger partial charge in [0.15, 0.2) is 0 Å². The van der Waals surface area contributed by atoms with Crippen LogP contribution < -0.4 is 10.1 Å². The first-order valence-corrected chi connectivity index (χ1v) is 11.7. The second-order valence-electron chi connectivity index (χ2n) is 9.80. The molecule has 1 aromatic carbocycles. The third kappa shape index (κ3) is 7.21. The summed E-state index contributed by atoms with van der Waals surface area (Å²) in [6, 6.07) is 7.40. The number of benzene rings is 1. The number of aromatic nitrogens is 2. The average Bonchev–Trinajstić information content (AvgIpc) is 3.09. The molecule has 0 saturated carbocycles. The van der Waals surface area contributed by atoms with Crippen LogP contribution in [-0.2, 0) is 9.47 Å². The van der Waals surface area contributed by atoms with E-state index in [0.717, 1.165) is 22.1 Å². The molecule has 190 valence electrons. The summed E-state index contributed by atoms with van der Waals surface area (Å²) < 4.78 is 17.7. The molecule has 1 amide bonds. The van der Waals surface area contributed by atoms with Crippen molar-refractivity contribution >= 4 is 28.9 Å². The Balaban J connectivity index is 0.00000210. The van der Waals surface area contributed by atoms with Gasteiger partial charge in [0.1, 0.15) is 22.6 Å². The number of nitrogens with one attached hydrogen (secondary N) is 1. The third-order valence-corrected chi connectivity index (χ3v) is 4.60. The summed E-state index contributed by atoms with van der Waals surface area (Å²) in [7, 11) is 1.53. The standard InChI is InChI=1S/C25H31N3O5.C2H6/c1-15-14-28(23(30)33-25(5,6)7)21-18(15)11-17(13-26-21)16-9-10-20(31-8)19(12-16)27-22(29)32-24(2,3)4;1-2/h9-14H,1-8H3,(H,27,29);1-2H3. The molecule has 0 aliphatic rings. The predicted octanol–water partition coefficient (Wildman–Crippen LogP) is 7.18. The Morgan fingerprint density at radius 3 is 2.14 bits per heavy atom. The Hall–Kier alpha value is -3.55. The van der Waals surface area contributed by atoms with E-state index in [-0.39, 0.29) is 0 Å². The minimum Gasteiger partial charge on any atom is -0.495 e. The van der Waals surface area contributed by atoms with Gasteiger partial charge in [0.25, 0.3) is 0 Å². The van der Waals surface area contributed by atoms with E-state index in [1.807, 2.05) is 53.7 Å². The largest absolute Gasteiger partial charge is 0.495 e. The van der Waals surface area contributed by atoms with Crippen LogP contribution >= 0.6 is 0 Å². The first-order chi connectivity index (χ1) is 16.3. The molecule has 0 spiro atoms. The molecule has 3 rings (SSSR count). The number of hydrogen-bond acceptors (Lipinski definition) is 6. The average molecular weight is 484 g/mol. The highest BCUT2D eigenvalue weighted by atomic mass is 16.6. The van der Waals surface area contributed by atoms with Gasteiger partial charge in [-0.25, -0.2) is 19.1 Å². The summed E-state index contributed by atoms with van der Waals surface area (Å²) in [6.07, 6.45) is 2.35. The van der Waals surface area contributed by atoms with Crippen LogP contribution in [0.3, 0.4) is 0 Å². The number of ether oxygens (including phenoxy) is 3. The molecule has 0 radical (unpaired) electrons. The van der Waals surface area contributed by atoms with E-state index in [0.29, 0.717) is 17.1 Å².